The number of aromatic nitrogens is 1. The summed E-state index contributed by atoms with van der Waals surface area (Å²) < 4.78 is 5.21. The van der Waals surface area contributed by atoms with Crippen molar-refractivity contribution in [2.24, 2.45) is 5.73 Å². The second-order valence-electron chi connectivity index (χ2n) is 3.97. The van der Waals surface area contributed by atoms with Crippen LogP contribution in [0, 0.1) is 0 Å². The molecule has 94 valence electrons. The largest absolute Gasteiger partial charge is 0.497 e. The Bertz CT molecular complexity index is 529. The highest BCUT2D eigenvalue weighted by Gasteiger charge is 2.09. The Morgan fingerprint density at radius 1 is 1.28 bits per heavy atom. The van der Waals surface area contributed by atoms with Gasteiger partial charge >= 0.3 is 0 Å². The van der Waals surface area contributed by atoms with Gasteiger partial charge in [-0.3, -0.25) is 0 Å². The first kappa shape index (κ1) is 12.9. The van der Waals surface area contributed by atoms with Crippen LogP contribution in [0.4, 0.5) is 0 Å². The third kappa shape index (κ3) is 3.03. The summed E-state index contributed by atoms with van der Waals surface area (Å²) >= 11 is 1.60. The molecule has 0 fully saturated rings. The molecule has 2 aromatic rings. The monoisotopic (exact) mass is 260 g/mol. The molecule has 3 nitrogen and oxygen atoms in total. The molecule has 0 unspecified atom stereocenters. The second kappa shape index (κ2) is 5.89. The van der Waals surface area contributed by atoms with Crippen LogP contribution >= 0.6 is 11.8 Å². The van der Waals surface area contributed by atoms with Crippen LogP contribution in [0.3, 0.4) is 0 Å². The number of benzene rings is 1. The Balaban J connectivity index is 2.28. The molecule has 0 aliphatic carbocycles. The van der Waals surface area contributed by atoms with Gasteiger partial charge in [-0.05, 0) is 31.2 Å². The van der Waals surface area contributed by atoms with E-state index in [1.807, 2.05) is 43.3 Å². The maximum atomic E-state index is 5.95. The van der Waals surface area contributed by atoms with Gasteiger partial charge in [-0.2, -0.15) is 0 Å². The summed E-state index contributed by atoms with van der Waals surface area (Å²) in [6.07, 6.45) is 1.79. The molecule has 0 spiro atoms. The molecular weight excluding hydrogens is 244 g/mol. The van der Waals surface area contributed by atoms with Crippen LogP contribution in [0.2, 0.25) is 0 Å². The van der Waals surface area contributed by atoms with E-state index in [9.17, 15) is 0 Å². The first-order valence-electron chi connectivity index (χ1n) is 5.73. The highest BCUT2D eigenvalue weighted by Crippen LogP contribution is 2.32. The lowest BCUT2D eigenvalue weighted by molar-refractivity contribution is 0.413. The Morgan fingerprint density at radius 3 is 2.83 bits per heavy atom. The molecule has 1 atom stereocenters. The van der Waals surface area contributed by atoms with Gasteiger partial charge in [0.15, 0.2) is 0 Å². The number of pyridine rings is 1. The van der Waals surface area contributed by atoms with Gasteiger partial charge in [0.2, 0.25) is 0 Å². The average molecular weight is 260 g/mol. The van der Waals surface area contributed by atoms with Crippen LogP contribution in [0.15, 0.2) is 52.5 Å². The minimum Gasteiger partial charge on any atom is -0.497 e. The molecule has 0 saturated carbocycles. The highest BCUT2D eigenvalue weighted by atomic mass is 32.2. The van der Waals surface area contributed by atoms with Crippen molar-refractivity contribution < 1.29 is 4.74 Å². The standard InChI is InChI=1S/C14H16N2OS/c1-10(15)13-7-4-8-16-14(13)18-12-6-3-5-11(9-12)17-2/h3-10H,15H2,1-2H3/t10-/m0/s1. The van der Waals surface area contributed by atoms with Gasteiger partial charge in [0.25, 0.3) is 0 Å². The molecule has 0 aliphatic heterocycles. The van der Waals surface area contributed by atoms with Crippen molar-refractivity contribution >= 4 is 11.8 Å². The van der Waals surface area contributed by atoms with E-state index in [4.69, 9.17) is 10.5 Å². The van der Waals surface area contributed by atoms with Crippen molar-refractivity contribution in [2.45, 2.75) is 22.9 Å². The number of nitrogens with two attached hydrogens (primary N) is 1. The van der Waals surface area contributed by atoms with E-state index in [1.54, 1.807) is 25.1 Å². The Kier molecular flexibility index (Phi) is 4.23. The molecule has 1 aromatic carbocycles. The topological polar surface area (TPSA) is 48.1 Å². The zero-order valence-corrected chi connectivity index (χ0v) is 11.3. The fraction of sp³-hybridized carbons (Fsp3) is 0.214. The lowest BCUT2D eigenvalue weighted by Gasteiger charge is -2.11. The quantitative estimate of drug-likeness (QED) is 0.916. The smallest absolute Gasteiger partial charge is 0.119 e. The molecule has 2 rings (SSSR count). The minimum absolute atomic E-state index is 0.0215. The van der Waals surface area contributed by atoms with Crippen LogP contribution in [0.1, 0.15) is 18.5 Å². The van der Waals surface area contributed by atoms with E-state index < -0.39 is 0 Å². The summed E-state index contributed by atoms with van der Waals surface area (Å²) in [4.78, 5) is 5.49. The van der Waals surface area contributed by atoms with Crippen molar-refractivity contribution in [1.29, 1.82) is 0 Å². The van der Waals surface area contributed by atoms with Gasteiger partial charge in [-0.1, -0.05) is 23.9 Å². The molecular formula is C14H16N2OS. The maximum Gasteiger partial charge on any atom is 0.119 e. The lowest BCUT2D eigenvalue weighted by Crippen LogP contribution is -2.07. The van der Waals surface area contributed by atoms with Crippen LogP contribution in [0.5, 0.6) is 5.75 Å². The zero-order chi connectivity index (χ0) is 13.0. The van der Waals surface area contributed by atoms with E-state index in [0.29, 0.717) is 0 Å². The zero-order valence-electron chi connectivity index (χ0n) is 10.5. The molecule has 0 saturated heterocycles. The molecule has 0 aliphatic rings. The van der Waals surface area contributed by atoms with Crippen molar-refractivity contribution in [1.82, 2.24) is 4.98 Å². The third-order valence-corrected chi connectivity index (χ3v) is 3.57. The Hall–Kier alpha value is -1.52. The predicted octanol–water partition coefficient (Wildman–Crippen LogP) is 3.26. The second-order valence-corrected chi connectivity index (χ2v) is 5.03. The molecule has 1 aromatic heterocycles. The van der Waals surface area contributed by atoms with Crippen molar-refractivity contribution in [3.8, 4) is 5.75 Å². The van der Waals surface area contributed by atoms with Gasteiger partial charge in [0.1, 0.15) is 10.8 Å². The maximum absolute atomic E-state index is 5.95. The van der Waals surface area contributed by atoms with Gasteiger partial charge in [0, 0.05) is 22.7 Å². The summed E-state index contributed by atoms with van der Waals surface area (Å²) in [6, 6.07) is 11.8. The van der Waals surface area contributed by atoms with Crippen molar-refractivity contribution in [3.63, 3.8) is 0 Å². The molecule has 0 radical (unpaired) electrons. The molecule has 4 heteroatoms. The van der Waals surface area contributed by atoms with Gasteiger partial charge in [0.05, 0.1) is 7.11 Å². The number of hydrogen-bond donors (Lipinski definition) is 1. The van der Waals surface area contributed by atoms with E-state index >= 15 is 0 Å². The number of methoxy groups -OCH3 is 1. The van der Waals surface area contributed by atoms with Crippen molar-refractivity contribution in [2.75, 3.05) is 7.11 Å². The summed E-state index contributed by atoms with van der Waals surface area (Å²) in [6.45, 7) is 1.96. The Labute approximate surface area is 111 Å². The molecule has 2 N–H and O–H groups in total. The number of nitrogens with zero attached hydrogens (tertiary/aromatic N) is 1. The third-order valence-electron chi connectivity index (χ3n) is 2.55. The van der Waals surface area contributed by atoms with E-state index in [1.165, 1.54) is 0 Å². The summed E-state index contributed by atoms with van der Waals surface area (Å²) in [7, 11) is 1.66. The number of ether oxygens (including phenoxy) is 1. The van der Waals surface area contributed by atoms with Crippen LogP contribution in [0.25, 0.3) is 0 Å². The normalized spacial score (nSPS) is 12.2. The van der Waals surface area contributed by atoms with Crippen LogP contribution < -0.4 is 10.5 Å². The minimum atomic E-state index is -0.0215. The SMILES string of the molecule is COc1cccc(Sc2ncccc2[C@H](C)N)c1. The van der Waals surface area contributed by atoms with Gasteiger partial charge in [-0.25, -0.2) is 4.98 Å². The van der Waals surface area contributed by atoms with E-state index in [2.05, 4.69) is 4.98 Å². The van der Waals surface area contributed by atoms with Crippen LogP contribution in [-0.4, -0.2) is 12.1 Å². The number of rotatable bonds is 4. The summed E-state index contributed by atoms with van der Waals surface area (Å²) in [5.74, 6) is 0.846. The highest BCUT2D eigenvalue weighted by molar-refractivity contribution is 7.99. The van der Waals surface area contributed by atoms with Crippen LogP contribution in [-0.2, 0) is 0 Å². The average Bonchev–Trinajstić information content (AvgIpc) is 2.39. The predicted molar refractivity (Wildman–Crippen MR) is 74.0 cm³/mol. The molecule has 0 amide bonds. The fourth-order valence-corrected chi connectivity index (χ4v) is 2.64. The fourth-order valence-electron chi connectivity index (χ4n) is 1.61. The van der Waals surface area contributed by atoms with E-state index in [0.717, 1.165) is 21.2 Å². The Morgan fingerprint density at radius 2 is 2.11 bits per heavy atom. The van der Waals surface area contributed by atoms with Crippen molar-refractivity contribution in [3.05, 3.63) is 48.2 Å². The van der Waals surface area contributed by atoms with Gasteiger partial charge < -0.3 is 10.5 Å². The van der Waals surface area contributed by atoms with E-state index in [-0.39, 0.29) is 6.04 Å². The first-order valence-corrected chi connectivity index (χ1v) is 6.54. The lowest BCUT2D eigenvalue weighted by atomic mass is 10.2. The molecule has 0 bridgehead atoms. The summed E-state index contributed by atoms with van der Waals surface area (Å²) in [5.41, 5.74) is 7.01. The summed E-state index contributed by atoms with van der Waals surface area (Å²) in [5, 5.41) is 0.945. The number of hydrogen-bond acceptors (Lipinski definition) is 4. The molecule has 1 heterocycles. The van der Waals surface area contributed by atoms with Gasteiger partial charge in [-0.15, -0.1) is 0 Å². The molecule has 18 heavy (non-hydrogen) atoms. The first-order chi connectivity index (χ1) is 8.70.